The summed E-state index contributed by atoms with van der Waals surface area (Å²) in [6, 6.07) is 65.2. The smallest absolute Gasteiger partial charge is 0.143 e. The number of fused-ring (bicyclic) bond motifs is 6. The molecule has 0 fully saturated rings. The van der Waals surface area contributed by atoms with Crippen molar-refractivity contribution in [2.45, 2.75) is 13.8 Å². The molecule has 0 atom stereocenters. The van der Waals surface area contributed by atoms with Gasteiger partial charge in [-0.3, -0.25) is 0 Å². The van der Waals surface area contributed by atoms with E-state index >= 15 is 0 Å². The van der Waals surface area contributed by atoms with Crippen molar-refractivity contribution in [3.05, 3.63) is 193 Å². The van der Waals surface area contributed by atoms with Crippen molar-refractivity contribution in [2.75, 3.05) is 4.90 Å². The highest BCUT2D eigenvalue weighted by Crippen LogP contribution is 2.46. The Morgan fingerprint density at radius 1 is 0.434 bits per heavy atom. The largest absolute Gasteiger partial charge is 0.455 e. The monoisotopic (exact) mass is 680 g/mol. The van der Waals surface area contributed by atoms with Crippen molar-refractivity contribution >= 4 is 60.8 Å². The van der Waals surface area contributed by atoms with Crippen LogP contribution in [0.4, 0.5) is 17.1 Å². The molecule has 0 radical (unpaired) electrons. The van der Waals surface area contributed by atoms with Gasteiger partial charge in [0.15, 0.2) is 0 Å². The lowest BCUT2D eigenvalue weighted by Crippen LogP contribution is -2.11. The minimum absolute atomic E-state index is 0.875. The first kappa shape index (κ1) is 30.9. The number of furan rings is 1. The lowest BCUT2D eigenvalue weighted by molar-refractivity contribution is 0.670. The van der Waals surface area contributed by atoms with Crippen LogP contribution in [0.1, 0.15) is 11.1 Å². The molecule has 0 N–H and O–H groups in total. The number of anilines is 3. The zero-order chi connectivity index (χ0) is 35.5. The van der Waals surface area contributed by atoms with Crippen molar-refractivity contribution in [1.29, 1.82) is 0 Å². The summed E-state index contributed by atoms with van der Waals surface area (Å²) >= 11 is 0. The highest BCUT2D eigenvalue weighted by molar-refractivity contribution is 6.13. The fourth-order valence-electron chi connectivity index (χ4n) is 8.37. The Morgan fingerprint density at radius 2 is 0.981 bits per heavy atom. The second kappa shape index (κ2) is 12.4. The second-order valence-corrected chi connectivity index (χ2v) is 13.8. The predicted molar refractivity (Wildman–Crippen MR) is 223 cm³/mol. The second-order valence-electron chi connectivity index (χ2n) is 13.8. The topological polar surface area (TPSA) is 21.3 Å². The standard InChI is InChI=1S/C50H36N2O/c1-33-29-37(30-34(2)49(33)35-17-5-3-6-18-35)51(36-19-7-4-8-20-36)38-31-43(50-44(32-38)42-24-12-16-28-48(42)53-50)41-23-11-15-27-47(41)52-45-25-13-9-21-39(45)40-22-10-14-26-46(40)52/h3-32H,1-2H3. The zero-order valence-corrected chi connectivity index (χ0v) is 29.6. The summed E-state index contributed by atoms with van der Waals surface area (Å²) < 4.78 is 9.21. The maximum Gasteiger partial charge on any atom is 0.143 e. The van der Waals surface area contributed by atoms with Crippen LogP contribution in [0.15, 0.2) is 186 Å². The van der Waals surface area contributed by atoms with Gasteiger partial charge in [-0.1, -0.05) is 121 Å². The molecule has 0 saturated heterocycles. The molecule has 0 spiro atoms. The first-order chi connectivity index (χ1) is 26.1. The average molecular weight is 681 g/mol. The molecule has 10 aromatic rings. The molecular formula is C50H36N2O. The van der Waals surface area contributed by atoms with Crippen LogP contribution in [0.25, 0.3) is 71.7 Å². The number of rotatable bonds is 6. The number of hydrogen-bond donors (Lipinski definition) is 0. The summed E-state index contributed by atoms with van der Waals surface area (Å²) in [4.78, 5) is 2.39. The van der Waals surface area contributed by atoms with Gasteiger partial charge in [0, 0.05) is 49.7 Å². The quantitative estimate of drug-likeness (QED) is 0.174. The normalized spacial score (nSPS) is 11.6. The molecule has 3 heteroatoms. The average Bonchev–Trinajstić information content (AvgIpc) is 3.74. The lowest BCUT2D eigenvalue weighted by atomic mass is 9.94. The van der Waals surface area contributed by atoms with Gasteiger partial charge < -0.3 is 13.9 Å². The molecule has 0 aliphatic heterocycles. The molecule has 2 aromatic heterocycles. The summed E-state index contributed by atoms with van der Waals surface area (Å²) in [5.41, 5.74) is 15.6. The van der Waals surface area contributed by atoms with Gasteiger partial charge in [-0.25, -0.2) is 0 Å². The summed E-state index contributed by atoms with van der Waals surface area (Å²) in [6.45, 7) is 4.45. The molecule has 252 valence electrons. The van der Waals surface area contributed by atoms with Crippen LogP contribution < -0.4 is 4.90 Å². The Labute approximate surface area is 308 Å². The van der Waals surface area contributed by atoms with E-state index in [0.29, 0.717) is 0 Å². The molecule has 53 heavy (non-hydrogen) atoms. The van der Waals surface area contributed by atoms with E-state index in [2.05, 4.69) is 199 Å². The molecular weight excluding hydrogens is 645 g/mol. The third-order valence-electron chi connectivity index (χ3n) is 10.6. The van der Waals surface area contributed by atoms with Crippen LogP contribution in [-0.4, -0.2) is 4.57 Å². The molecule has 0 aliphatic rings. The predicted octanol–water partition coefficient (Wildman–Crippen LogP) is 14.1. The minimum Gasteiger partial charge on any atom is -0.455 e. The molecule has 3 nitrogen and oxygen atoms in total. The molecule has 0 unspecified atom stereocenters. The number of aromatic nitrogens is 1. The van der Waals surface area contributed by atoms with Crippen LogP contribution >= 0.6 is 0 Å². The van der Waals surface area contributed by atoms with Gasteiger partial charge in [-0.05, 0) is 96.8 Å². The summed E-state index contributed by atoms with van der Waals surface area (Å²) in [7, 11) is 0. The number of aryl methyl sites for hydroxylation is 2. The van der Waals surface area contributed by atoms with E-state index in [1.165, 1.54) is 44.1 Å². The van der Waals surface area contributed by atoms with Crippen molar-refractivity contribution in [3.63, 3.8) is 0 Å². The number of benzene rings is 8. The van der Waals surface area contributed by atoms with E-state index < -0.39 is 0 Å². The highest BCUT2D eigenvalue weighted by Gasteiger charge is 2.23. The Kier molecular flexibility index (Phi) is 7.26. The van der Waals surface area contributed by atoms with Crippen molar-refractivity contribution in [2.24, 2.45) is 0 Å². The maximum absolute atomic E-state index is 6.81. The van der Waals surface area contributed by atoms with Crippen LogP contribution in [0.5, 0.6) is 0 Å². The van der Waals surface area contributed by atoms with E-state index in [1.807, 2.05) is 6.07 Å². The number of hydrogen-bond acceptors (Lipinski definition) is 2. The Morgan fingerprint density at radius 3 is 1.68 bits per heavy atom. The first-order valence-electron chi connectivity index (χ1n) is 18.2. The molecule has 0 aliphatic carbocycles. The Balaban J connectivity index is 1.27. The van der Waals surface area contributed by atoms with E-state index in [9.17, 15) is 0 Å². The van der Waals surface area contributed by atoms with Crippen LogP contribution in [0.3, 0.4) is 0 Å². The van der Waals surface area contributed by atoms with E-state index in [4.69, 9.17) is 4.42 Å². The van der Waals surface area contributed by atoms with Gasteiger partial charge in [0.2, 0.25) is 0 Å². The molecule has 8 aromatic carbocycles. The van der Waals surface area contributed by atoms with Gasteiger partial charge in [-0.2, -0.15) is 0 Å². The minimum atomic E-state index is 0.875. The summed E-state index contributed by atoms with van der Waals surface area (Å²) in [6.07, 6.45) is 0. The maximum atomic E-state index is 6.81. The van der Waals surface area contributed by atoms with Gasteiger partial charge in [-0.15, -0.1) is 0 Å². The fraction of sp³-hybridized carbons (Fsp3) is 0.0400. The third-order valence-corrected chi connectivity index (χ3v) is 10.6. The van der Waals surface area contributed by atoms with Crippen molar-refractivity contribution in [3.8, 4) is 27.9 Å². The van der Waals surface area contributed by atoms with Crippen LogP contribution in [-0.2, 0) is 0 Å². The molecule has 2 heterocycles. The van der Waals surface area contributed by atoms with Crippen LogP contribution in [0, 0.1) is 13.8 Å². The van der Waals surface area contributed by atoms with Gasteiger partial charge in [0.05, 0.1) is 16.7 Å². The van der Waals surface area contributed by atoms with Gasteiger partial charge >= 0.3 is 0 Å². The zero-order valence-electron chi connectivity index (χ0n) is 29.6. The lowest BCUT2D eigenvalue weighted by Gasteiger charge is -2.28. The highest BCUT2D eigenvalue weighted by atomic mass is 16.3. The SMILES string of the molecule is Cc1cc(N(c2ccccc2)c2cc(-c3ccccc3-n3c4ccccc4c4ccccc43)c3oc4ccccc4c3c2)cc(C)c1-c1ccccc1. The Bertz CT molecular complexity index is 2890. The summed E-state index contributed by atoms with van der Waals surface area (Å²) in [5.74, 6) is 0. The molecule has 0 saturated carbocycles. The van der Waals surface area contributed by atoms with Crippen LogP contribution in [0.2, 0.25) is 0 Å². The van der Waals surface area contributed by atoms with Crippen molar-refractivity contribution < 1.29 is 4.42 Å². The number of nitrogens with zero attached hydrogens (tertiary/aromatic N) is 2. The fourth-order valence-corrected chi connectivity index (χ4v) is 8.37. The first-order valence-corrected chi connectivity index (χ1v) is 18.2. The number of para-hydroxylation sites is 5. The van der Waals surface area contributed by atoms with Gasteiger partial charge in [0.1, 0.15) is 11.2 Å². The molecule has 0 bridgehead atoms. The molecule has 10 rings (SSSR count). The van der Waals surface area contributed by atoms with E-state index in [-0.39, 0.29) is 0 Å². The van der Waals surface area contributed by atoms with E-state index in [1.54, 1.807) is 0 Å². The molecule has 0 amide bonds. The van der Waals surface area contributed by atoms with Crippen molar-refractivity contribution in [1.82, 2.24) is 4.57 Å². The summed E-state index contributed by atoms with van der Waals surface area (Å²) in [5, 5.41) is 4.65. The van der Waals surface area contributed by atoms with Gasteiger partial charge in [0.25, 0.3) is 0 Å². The third kappa shape index (κ3) is 5.04. The Hall–Kier alpha value is -6.84. The van der Waals surface area contributed by atoms with E-state index in [0.717, 1.165) is 55.8 Å².